The van der Waals surface area contributed by atoms with Gasteiger partial charge in [0.05, 0.1) is 0 Å². The molecule has 5 heteroatoms. The van der Waals surface area contributed by atoms with Crippen LogP contribution in [0.25, 0.3) is 0 Å². The van der Waals surface area contributed by atoms with Crippen molar-refractivity contribution < 1.29 is 9.53 Å². The number of pyridine rings is 1. The van der Waals surface area contributed by atoms with Crippen LogP contribution in [0.3, 0.4) is 0 Å². The van der Waals surface area contributed by atoms with Crippen molar-refractivity contribution in [2.45, 2.75) is 24.8 Å². The molecule has 24 heavy (non-hydrogen) atoms. The smallest absolute Gasteiger partial charge is 0.315 e. The quantitative estimate of drug-likeness (QED) is 0.888. The number of carbonyl (C=O) groups is 1. The van der Waals surface area contributed by atoms with E-state index in [1.807, 2.05) is 18.2 Å². The van der Waals surface area contributed by atoms with Crippen molar-refractivity contribution in [1.82, 2.24) is 15.6 Å². The van der Waals surface area contributed by atoms with E-state index in [0.717, 1.165) is 31.6 Å². The fourth-order valence-corrected chi connectivity index (χ4v) is 3.12. The molecule has 1 fully saturated rings. The van der Waals surface area contributed by atoms with Gasteiger partial charge in [0, 0.05) is 44.1 Å². The first-order chi connectivity index (χ1) is 11.8. The number of aromatic nitrogens is 1. The third-order valence-electron chi connectivity index (χ3n) is 4.63. The van der Waals surface area contributed by atoms with Crippen LogP contribution in [-0.4, -0.2) is 30.8 Å². The van der Waals surface area contributed by atoms with E-state index in [1.54, 1.807) is 12.4 Å². The molecule has 126 valence electrons. The number of rotatable bonds is 5. The number of ether oxygens (including phenoxy) is 1. The Morgan fingerprint density at radius 2 is 1.75 bits per heavy atom. The average Bonchev–Trinajstić information content (AvgIpc) is 2.67. The van der Waals surface area contributed by atoms with Crippen molar-refractivity contribution in [2.24, 2.45) is 0 Å². The first-order valence-electron chi connectivity index (χ1n) is 8.32. The summed E-state index contributed by atoms with van der Waals surface area (Å²) in [7, 11) is 0. The molecule has 2 N–H and O–H groups in total. The highest BCUT2D eigenvalue weighted by Crippen LogP contribution is 2.34. The standard InChI is InChI=1S/C19H23N3O2/c23-18(21-14-16-6-10-20-11-7-16)22-15-19(8-12-24-13-9-19)17-4-2-1-3-5-17/h1-7,10-11H,8-9,12-15H2,(H2,21,22,23). The third-order valence-corrected chi connectivity index (χ3v) is 4.63. The fourth-order valence-electron chi connectivity index (χ4n) is 3.12. The summed E-state index contributed by atoms with van der Waals surface area (Å²) >= 11 is 0. The van der Waals surface area contributed by atoms with Crippen molar-refractivity contribution in [3.05, 3.63) is 66.0 Å². The Hall–Kier alpha value is -2.40. The SMILES string of the molecule is O=C(NCc1ccncc1)NCC1(c2ccccc2)CCOCC1. The lowest BCUT2D eigenvalue weighted by molar-refractivity contribution is 0.0507. The van der Waals surface area contributed by atoms with Gasteiger partial charge in [0.15, 0.2) is 0 Å². The van der Waals surface area contributed by atoms with E-state index in [1.165, 1.54) is 5.56 Å². The van der Waals surface area contributed by atoms with Crippen LogP contribution in [0, 0.1) is 0 Å². The number of benzene rings is 1. The molecule has 0 unspecified atom stereocenters. The molecule has 1 aliphatic rings. The maximum atomic E-state index is 12.2. The second-order valence-electron chi connectivity index (χ2n) is 6.15. The van der Waals surface area contributed by atoms with Gasteiger partial charge in [0.1, 0.15) is 0 Å². The average molecular weight is 325 g/mol. The summed E-state index contributed by atoms with van der Waals surface area (Å²) in [5.74, 6) is 0. The van der Waals surface area contributed by atoms with E-state index < -0.39 is 0 Å². The lowest BCUT2D eigenvalue weighted by atomic mass is 9.74. The molecular weight excluding hydrogens is 302 g/mol. The summed E-state index contributed by atoms with van der Waals surface area (Å²) in [4.78, 5) is 16.1. The molecular formula is C19H23N3O2. The highest BCUT2D eigenvalue weighted by Gasteiger charge is 2.34. The maximum absolute atomic E-state index is 12.2. The Balaban J connectivity index is 1.58. The number of nitrogens with one attached hydrogen (secondary N) is 2. The molecule has 0 bridgehead atoms. The molecule has 2 aromatic rings. The molecule has 3 rings (SSSR count). The third kappa shape index (κ3) is 4.11. The summed E-state index contributed by atoms with van der Waals surface area (Å²) in [5.41, 5.74) is 2.25. The van der Waals surface area contributed by atoms with Crippen LogP contribution in [-0.2, 0) is 16.7 Å². The number of nitrogens with zero attached hydrogens (tertiary/aromatic N) is 1. The molecule has 1 aromatic carbocycles. The molecule has 2 heterocycles. The zero-order valence-electron chi connectivity index (χ0n) is 13.7. The van der Waals surface area contributed by atoms with Gasteiger partial charge in [0.25, 0.3) is 0 Å². The number of hydrogen-bond acceptors (Lipinski definition) is 3. The van der Waals surface area contributed by atoms with Crippen LogP contribution in [0.5, 0.6) is 0 Å². The van der Waals surface area contributed by atoms with E-state index >= 15 is 0 Å². The number of hydrogen-bond donors (Lipinski definition) is 2. The van der Waals surface area contributed by atoms with Crippen molar-refractivity contribution in [1.29, 1.82) is 0 Å². The van der Waals surface area contributed by atoms with Crippen molar-refractivity contribution in [3.8, 4) is 0 Å². The van der Waals surface area contributed by atoms with Gasteiger partial charge in [-0.2, -0.15) is 0 Å². The highest BCUT2D eigenvalue weighted by atomic mass is 16.5. The summed E-state index contributed by atoms with van der Waals surface area (Å²) in [6, 6.07) is 14.0. The van der Waals surface area contributed by atoms with Gasteiger partial charge in [-0.3, -0.25) is 4.98 Å². The predicted octanol–water partition coefficient (Wildman–Crippen LogP) is 2.63. The lowest BCUT2D eigenvalue weighted by Gasteiger charge is -2.38. The molecule has 0 spiro atoms. The fraction of sp³-hybridized carbons (Fsp3) is 0.368. The minimum atomic E-state index is -0.145. The molecule has 0 saturated carbocycles. The number of amides is 2. The molecule has 1 aromatic heterocycles. The Morgan fingerprint density at radius 3 is 2.46 bits per heavy atom. The van der Waals surface area contributed by atoms with Crippen molar-refractivity contribution in [2.75, 3.05) is 19.8 Å². The Bertz CT molecular complexity index is 640. The monoisotopic (exact) mass is 325 g/mol. The summed E-state index contributed by atoms with van der Waals surface area (Å²) in [6.07, 6.45) is 5.28. The van der Waals surface area contributed by atoms with Crippen LogP contribution in [0.1, 0.15) is 24.0 Å². The van der Waals surface area contributed by atoms with Gasteiger partial charge >= 0.3 is 6.03 Å². The second-order valence-corrected chi connectivity index (χ2v) is 6.15. The van der Waals surface area contributed by atoms with E-state index in [0.29, 0.717) is 13.1 Å². The Kier molecular flexibility index (Phi) is 5.43. The van der Waals surface area contributed by atoms with Crippen molar-refractivity contribution >= 4 is 6.03 Å². The van der Waals surface area contributed by atoms with Gasteiger partial charge in [-0.25, -0.2) is 4.79 Å². The van der Waals surface area contributed by atoms with E-state index in [9.17, 15) is 4.79 Å². The van der Waals surface area contributed by atoms with Gasteiger partial charge in [-0.05, 0) is 36.1 Å². The largest absolute Gasteiger partial charge is 0.381 e. The Morgan fingerprint density at radius 1 is 1.04 bits per heavy atom. The van der Waals surface area contributed by atoms with E-state index in [4.69, 9.17) is 4.74 Å². The van der Waals surface area contributed by atoms with Gasteiger partial charge in [-0.15, -0.1) is 0 Å². The summed E-state index contributed by atoms with van der Waals surface area (Å²) in [6.45, 7) is 2.57. The highest BCUT2D eigenvalue weighted by molar-refractivity contribution is 5.74. The first kappa shape index (κ1) is 16.5. The van der Waals surface area contributed by atoms with Gasteiger partial charge in [-0.1, -0.05) is 30.3 Å². The number of carbonyl (C=O) groups excluding carboxylic acids is 1. The second kappa shape index (κ2) is 7.93. The van der Waals surface area contributed by atoms with Crippen LogP contribution in [0.15, 0.2) is 54.9 Å². The topological polar surface area (TPSA) is 63.2 Å². The first-order valence-corrected chi connectivity index (χ1v) is 8.32. The van der Waals surface area contributed by atoms with Crippen LogP contribution >= 0.6 is 0 Å². The number of urea groups is 1. The van der Waals surface area contributed by atoms with Crippen molar-refractivity contribution in [3.63, 3.8) is 0 Å². The van der Waals surface area contributed by atoms with Crippen LogP contribution in [0.4, 0.5) is 4.79 Å². The Labute approximate surface area is 142 Å². The normalized spacial score (nSPS) is 16.3. The summed E-state index contributed by atoms with van der Waals surface area (Å²) in [5, 5.41) is 5.94. The minimum Gasteiger partial charge on any atom is -0.381 e. The van der Waals surface area contributed by atoms with Gasteiger partial charge in [0.2, 0.25) is 0 Å². The molecule has 0 radical (unpaired) electrons. The minimum absolute atomic E-state index is 0.0481. The predicted molar refractivity (Wildman–Crippen MR) is 92.6 cm³/mol. The lowest BCUT2D eigenvalue weighted by Crippen LogP contribution is -2.47. The summed E-state index contributed by atoms with van der Waals surface area (Å²) < 4.78 is 5.52. The maximum Gasteiger partial charge on any atom is 0.315 e. The zero-order valence-corrected chi connectivity index (χ0v) is 13.7. The molecule has 2 amide bonds. The molecule has 5 nitrogen and oxygen atoms in total. The van der Waals surface area contributed by atoms with Crippen LogP contribution in [0.2, 0.25) is 0 Å². The zero-order chi connectivity index (χ0) is 16.7. The van der Waals surface area contributed by atoms with Crippen LogP contribution < -0.4 is 10.6 Å². The van der Waals surface area contributed by atoms with E-state index in [2.05, 4.69) is 39.9 Å². The molecule has 1 saturated heterocycles. The molecule has 0 aliphatic carbocycles. The molecule has 1 aliphatic heterocycles. The molecule has 0 atom stereocenters. The van der Waals surface area contributed by atoms with Gasteiger partial charge < -0.3 is 15.4 Å². The van der Waals surface area contributed by atoms with E-state index in [-0.39, 0.29) is 11.4 Å².